The highest BCUT2D eigenvalue weighted by molar-refractivity contribution is 5.98. The van der Waals surface area contributed by atoms with Crippen molar-refractivity contribution in [2.45, 2.75) is 0 Å². The molecule has 1 aliphatic heterocycles. The van der Waals surface area contributed by atoms with Gasteiger partial charge < -0.3 is 19.8 Å². The lowest BCUT2D eigenvalue weighted by molar-refractivity contribution is 0.0303. The number of furan rings is 1. The van der Waals surface area contributed by atoms with Gasteiger partial charge in [-0.25, -0.2) is 0 Å². The number of amides is 1. The van der Waals surface area contributed by atoms with Crippen LogP contribution in [0.1, 0.15) is 10.4 Å². The fraction of sp³-hybridized carbons (Fsp3) is 0.444. The number of ether oxygens (including phenoxy) is 1. The predicted octanol–water partition coefficient (Wildman–Crippen LogP) is 0.334. The van der Waals surface area contributed by atoms with E-state index in [1.807, 2.05) is 0 Å². The molecule has 1 aliphatic rings. The first-order valence-corrected chi connectivity index (χ1v) is 4.49. The van der Waals surface area contributed by atoms with Gasteiger partial charge in [0.05, 0.1) is 19.5 Å². The molecule has 5 heteroatoms. The predicted molar refractivity (Wildman–Crippen MR) is 49.8 cm³/mol. The Morgan fingerprint density at radius 2 is 2.14 bits per heavy atom. The van der Waals surface area contributed by atoms with Crippen molar-refractivity contribution in [3.63, 3.8) is 0 Å². The largest absolute Gasteiger partial charge is 0.448 e. The van der Waals surface area contributed by atoms with Crippen LogP contribution in [0, 0.1) is 0 Å². The minimum Gasteiger partial charge on any atom is -0.448 e. The van der Waals surface area contributed by atoms with Crippen LogP contribution in [0.5, 0.6) is 0 Å². The number of morpholine rings is 1. The van der Waals surface area contributed by atoms with Crippen LogP contribution in [0.15, 0.2) is 16.7 Å². The second-order valence-electron chi connectivity index (χ2n) is 3.10. The molecule has 1 amide bonds. The zero-order valence-corrected chi connectivity index (χ0v) is 7.73. The molecule has 2 N–H and O–H groups in total. The van der Waals surface area contributed by atoms with E-state index >= 15 is 0 Å². The molecule has 1 saturated heterocycles. The van der Waals surface area contributed by atoms with E-state index in [1.165, 1.54) is 6.26 Å². The van der Waals surface area contributed by atoms with E-state index in [4.69, 9.17) is 14.9 Å². The monoisotopic (exact) mass is 196 g/mol. The highest BCUT2D eigenvalue weighted by atomic mass is 16.5. The molecule has 1 aromatic rings. The Kier molecular flexibility index (Phi) is 2.41. The molecule has 1 fully saturated rings. The van der Waals surface area contributed by atoms with E-state index < -0.39 is 0 Å². The van der Waals surface area contributed by atoms with Crippen molar-refractivity contribution < 1.29 is 13.9 Å². The van der Waals surface area contributed by atoms with E-state index in [0.29, 0.717) is 31.9 Å². The molecule has 0 spiro atoms. The normalized spacial score (nSPS) is 17.0. The van der Waals surface area contributed by atoms with Crippen molar-refractivity contribution in [1.29, 1.82) is 0 Å². The van der Waals surface area contributed by atoms with Crippen molar-refractivity contribution in [3.8, 4) is 0 Å². The highest BCUT2D eigenvalue weighted by Gasteiger charge is 2.21. The van der Waals surface area contributed by atoms with Gasteiger partial charge in [0, 0.05) is 13.1 Å². The number of nitrogens with two attached hydrogens (primary N) is 1. The summed E-state index contributed by atoms with van der Waals surface area (Å²) in [7, 11) is 0. The van der Waals surface area contributed by atoms with Crippen LogP contribution in [0.3, 0.4) is 0 Å². The van der Waals surface area contributed by atoms with E-state index in [2.05, 4.69) is 0 Å². The molecule has 2 rings (SSSR count). The Morgan fingerprint density at radius 3 is 2.71 bits per heavy atom. The first kappa shape index (κ1) is 9.08. The molecular weight excluding hydrogens is 184 g/mol. The summed E-state index contributed by atoms with van der Waals surface area (Å²) >= 11 is 0. The van der Waals surface area contributed by atoms with Crippen LogP contribution < -0.4 is 5.73 Å². The Bertz CT molecular complexity index is 329. The molecule has 0 bridgehead atoms. The SMILES string of the molecule is Nc1occc1C(=O)N1CCOCC1. The number of carbonyl (C=O) groups excluding carboxylic acids is 1. The van der Waals surface area contributed by atoms with Gasteiger partial charge in [-0.1, -0.05) is 0 Å². The smallest absolute Gasteiger partial charge is 0.259 e. The fourth-order valence-corrected chi connectivity index (χ4v) is 1.43. The van der Waals surface area contributed by atoms with E-state index in [1.54, 1.807) is 11.0 Å². The van der Waals surface area contributed by atoms with E-state index in [0.717, 1.165) is 0 Å². The lowest BCUT2D eigenvalue weighted by atomic mass is 10.2. The Hall–Kier alpha value is -1.49. The van der Waals surface area contributed by atoms with Gasteiger partial charge in [0.25, 0.3) is 5.91 Å². The van der Waals surface area contributed by atoms with Gasteiger partial charge in [0.2, 0.25) is 5.88 Å². The van der Waals surface area contributed by atoms with Crippen LogP contribution in [0.4, 0.5) is 5.88 Å². The standard InChI is InChI=1S/C9H12N2O3/c10-8-7(1-4-14-8)9(12)11-2-5-13-6-3-11/h1,4H,2-3,5-6,10H2. The van der Waals surface area contributed by atoms with Crippen molar-refractivity contribution in [2.75, 3.05) is 32.0 Å². The van der Waals surface area contributed by atoms with Crippen molar-refractivity contribution in [1.82, 2.24) is 4.90 Å². The van der Waals surface area contributed by atoms with Crippen molar-refractivity contribution in [2.24, 2.45) is 0 Å². The first-order valence-electron chi connectivity index (χ1n) is 4.49. The van der Waals surface area contributed by atoms with Crippen molar-refractivity contribution in [3.05, 3.63) is 17.9 Å². The van der Waals surface area contributed by atoms with Crippen LogP contribution in [0.2, 0.25) is 0 Å². The first-order chi connectivity index (χ1) is 6.79. The molecule has 0 unspecified atom stereocenters. The number of hydrogen-bond acceptors (Lipinski definition) is 4. The topological polar surface area (TPSA) is 68.7 Å². The Labute approximate surface area is 81.4 Å². The lowest BCUT2D eigenvalue weighted by Gasteiger charge is -2.26. The Balaban J connectivity index is 2.11. The average Bonchev–Trinajstić information content (AvgIpc) is 2.65. The van der Waals surface area contributed by atoms with Gasteiger partial charge in [-0.3, -0.25) is 4.79 Å². The summed E-state index contributed by atoms with van der Waals surface area (Å²) in [5.41, 5.74) is 5.94. The highest BCUT2D eigenvalue weighted by Crippen LogP contribution is 2.15. The van der Waals surface area contributed by atoms with Gasteiger partial charge in [-0.2, -0.15) is 0 Å². The number of hydrogen-bond donors (Lipinski definition) is 1. The molecule has 0 radical (unpaired) electrons. The van der Waals surface area contributed by atoms with Gasteiger partial charge >= 0.3 is 0 Å². The zero-order valence-electron chi connectivity index (χ0n) is 7.73. The van der Waals surface area contributed by atoms with E-state index in [-0.39, 0.29) is 11.8 Å². The number of anilines is 1. The molecule has 0 saturated carbocycles. The molecule has 2 heterocycles. The molecule has 76 valence electrons. The molecule has 0 atom stereocenters. The third kappa shape index (κ3) is 1.58. The van der Waals surface area contributed by atoms with Gasteiger partial charge in [0.1, 0.15) is 5.56 Å². The molecular formula is C9H12N2O3. The maximum atomic E-state index is 11.8. The zero-order chi connectivity index (χ0) is 9.97. The molecule has 1 aromatic heterocycles. The summed E-state index contributed by atoms with van der Waals surface area (Å²) in [5.74, 6) is 0.0982. The summed E-state index contributed by atoms with van der Waals surface area (Å²) in [4.78, 5) is 13.5. The third-order valence-electron chi connectivity index (χ3n) is 2.22. The quantitative estimate of drug-likeness (QED) is 0.703. The molecule has 5 nitrogen and oxygen atoms in total. The van der Waals surface area contributed by atoms with Gasteiger partial charge in [-0.15, -0.1) is 0 Å². The maximum Gasteiger partial charge on any atom is 0.259 e. The number of nitrogen functional groups attached to an aromatic ring is 1. The summed E-state index contributed by atoms with van der Waals surface area (Å²) in [5, 5.41) is 0. The summed E-state index contributed by atoms with van der Waals surface area (Å²) in [6.45, 7) is 2.40. The van der Waals surface area contributed by atoms with Crippen LogP contribution in [0.25, 0.3) is 0 Å². The van der Waals surface area contributed by atoms with Crippen molar-refractivity contribution >= 4 is 11.8 Å². The fourth-order valence-electron chi connectivity index (χ4n) is 1.43. The molecule has 14 heavy (non-hydrogen) atoms. The second kappa shape index (κ2) is 3.71. The van der Waals surface area contributed by atoms with Gasteiger partial charge in [0.15, 0.2) is 0 Å². The van der Waals surface area contributed by atoms with Crippen LogP contribution in [-0.4, -0.2) is 37.1 Å². The lowest BCUT2D eigenvalue weighted by Crippen LogP contribution is -2.40. The van der Waals surface area contributed by atoms with Crippen LogP contribution >= 0.6 is 0 Å². The maximum absolute atomic E-state index is 11.8. The number of nitrogens with zero attached hydrogens (tertiary/aromatic N) is 1. The number of rotatable bonds is 1. The molecule has 0 aromatic carbocycles. The summed E-state index contributed by atoms with van der Waals surface area (Å²) < 4.78 is 10.0. The number of carbonyl (C=O) groups is 1. The second-order valence-corrected chi connectivity index (χ2v) is 3.10. The van der Waals surface area contributed by atoms with E-state index in [9.17, 15) is 4.79 Å². The van der Waals surface area contributed by atoms with Gasteiger partial charge in [-0.05, 0) is 6.07 Å². The minimum absolute atomic E-state index is 0.0837. The van der Waals surface area contributed by atoms with Crippen LogP contribution in [-0.2, 0) is 4.74 Å². The summed E-state index contributed by atoms with van der Waals surface area (Å²) in [6, 6.07) is 1.59. The molecule has 0 aliphatic carbocycles. The average molecular weight is 196 g/mol. The third-order valence-corrected chi connectivity index (χ3v) is 2.22. The minimum atomic E-state index is -0.0837. The summed E-state index contributed by atoms with van der Waals surface area (Å²) in [6.07, 6.45) is 1.42. The Morgan fingerprint density at radius 1 is 1.43 bits per heavy atom.